The Bertz CT molecular complexity index is 611. The van der Waals surface area contributed by atoms with Crippen LogP contribution in [0.3, 0.4) is 0 Å². The predicted molar refractivity (Wildman–Crippen MR) is 68.1 cm³/mol. The van der Waals surface area contributed by atoms with E-state index in [2.05, 4.69) is 0 Å². The van der Waals surface area contributed by atoms with Crippen LogP contribution < -0.4 is 4.72 Å². The number of aromatic hydroxyl groups is 1. The van der Waals surface area contributed by atoms with E-state index in [4.69, 9.17) is 15.3 Å². The molecule has 9 heteroatoms. The summed E-state index contributed by atoms with van der Waals surface area (Å²) in [6, 6.07) is 1.86. The zero-order valence-corrected chi connectivity index (χ0v) is 11.4. The monoisotopic (exact) mass is 305 g/mol. The van der Waals surface area contributed by atoms with Gasteiger partial charge in [0.1, 0.15) is 11.3 Å². The van der Waals surface area contributed by atoms with Gasteiger partial charge >= 0.3 is 5.97 Å². The van der Waals surface area contributed by atoms with Crippen molar-refractivity contribution in [1.29, 1.82) is 0 Å². The van der Waals surface area contributed by atoms with Gasteiger partial charge in [0, 0.05) is 6.54 Å². The van der Waals surface area contributed by atoms with Gasteiger partial charge in [-0.15, -0.1) is 0 Å². The van der Waals surface area contributed by atoms with Gasteiger partial charge in [-0.3, -0.25) is 0 Å². The maximum atomic E-state index is 12.0. The smallest absolute Gasteiger partial charge is 0.339 e. The first-order chi connectivity index (χ1) is 9.19. The second-order valence-corrected chi connectivity index (χ2v) is 5.86. The molecule has 1 aromatic carbocycles. The van der Waals surface area contributed by atoms with E-state index < -0.39 is 46.6 Å². The first kappa shape index (κ1) is 16.4. The van der Waals surface area contributed by atoms with E-state index in [1.807, 2.05) is 4.72 Å². The number of carbonyl (C=O) groups is 1. The molecule has 1 unspecified atom stereocenters. The topological polar surface area (TPSA) is 144 Å². The van der Waals surface area contributed by atoms with Gasteiger partial charge in [0.05, 0.1) is 17.6 Å². The van der Waals surface area contributed by atoms with Crippen molar-refractivity contribution in [2.45, 2.75) is 17.9 Å². The summed E-state index contributed by atoms with van der Waals surface area (Å²) in [4.78, 5) is 10.6. The van der Waals surface area contributed by atoms with Crippen molar-refractivity contribution in [3.8, 4) is 5.75 Å². The molecule has 0 radical (unpaired) electrons. The number of carboxylic acid groups (broad SMARTS) is 1. The van der Waals surface area contributed by atoms with Gasteiger partial charge in [0.25, 0.3) is 0 Å². The average Bonchev–Trinajstić information content (AvgIpc) is 2.35. The number of hydrogen-bond acceptors (Lipinski definition) is 6. The lowest BCUT2D eigenvalue weighted by Crippen LogP contribution is -2.34. The van der Waals surface area contributed by atoms with Crippen LogP contribution in [0.25, 0.3) is 0 Å². The third kappa shape index (κ3) is 3.67. The van der Waals surface area contributed by atoms with E-state index in [-0.39, 0.29) is 10.5 Å². The number of hydrogen-bond donors (Lipinski definition) is 5. The molecule has 0 spiro atoms. The lowest BCUT2D eigenvalue weighted by atomic mass is 10.1. The van der Waals surface area contributed by atoms with Crippen molar-refractivity contribution in [3.05, 3.63) is 23.3 Å². The number of carboxylic acids is 1. The Balaban J connectivity index is 3.18. The molecule has 0 saturated heterocycles. The Kier molecular flexibility index (Phi) is 5.06. The van der Waals surface area contributed by atoms with E-state index in [0.717, 1.165) is 12.1 Å². The molecular weight excluding hydrogens is 290 g/mol. The van der Waals surface area contributed by atoms with E-state index in [0.29, 0.717) is 0 Å². The molecule has 8 nitrogen and oxygen atoms in total. The minimum absolute atomic E-state index is 0.151. The van der Waals surface area contributed by atoms with Crippen LogP contribution in [0.1, 0.15) is 15.9 Å². The van der Waals surface area contributed by atoms with Gasteiger partial charge in [-0.2, -0.15) is 0 Å². The second-order valence-electron chi connectivity index (χ2n) is 4.13. The van der Waals surface area contributed by atoms with Crippen LogP contribution in [0.15, 0.2) is 17.0 Å². The Morgan fingerprint density at radius 1 is 1.40 bits per heavy atom. The predicted octanol–water partition coefficient (Wildman–Crippen LogP) is -0.970. The summed E-state index contributed by atoms with van der Waals surface area (Å²) in [5.74, 6) is -2.00. The highest BCUT2D eigenvalue weighted by molar-refractivity contribution is 7.89. The summed E-state index contributed by atoms with van der Waals surface area (Å²) in [5, 5.41) is 36.0. The van der Waals surface area contributed by atoms with Crippen LogP contribution in [0.5, 0.6) is 5.75 Å². The maximum absolute atomic E-state index is 12.0. The van der Waals surface area contributed by atoms with Gasteiger partial charge in [-0.05, 0) is 24.6 Å². The normalized spacial score (nSPS) is 13.2. The second kappa shape index (κ2) is 6.18. The lowest BCUT2D eigenvalue weighted by Gasteiger charge is -2.13. The Morgan fingerprint density at radius 3 is 2.50 bits per heavy atom. The van der Waals surface area contributed by atoms with Crippen LogP contribution in [-0.2, 0) is 10.0 Å². The molecule has 112 valence electrons. The number of phenols is 1. The Labute approximate surface area is 115 Å². The fourth-order valence-electron chi connectivity index (χ4n) is 1.48. The zero-order chi connectivity index (χ0) is 15.5. The fraction of sp³-hybridized carbons (Fsp3) is 0.364. The maximum Gasteiger partial charge on any atom is 0.339 e. The van der Waals surface area contributed by atoms with Gasteiger partial charge in [-0.1, -0.05) is 0 Å². The number of nitrogens with one attached hydrogen (secondary N) is 1. The Morgan fingerprint density at radius 2 is 2.00 bits per heavy atom. The molecule has 0 saturated carbocycles. The standard InChI is InChI=1S/C11H15NO7S/c1-6-2-9(15)8(11(16)17)3-10(6)20(18,19)12-4-7(14)5-13/h2-3,7,12-15H,4-5H2,1H3,(H,16,17). The number of benzene rings is 1. The number of aromatic carboxylic acids is 1. The zero-order valence-electron chi connectivity index (χ0n) is 10.6. The number of rotatable bonds is 6. The van der Waals surface area contributed by atoms with Crippen LogP contribution in [-0.4, -0.2) is 54.1 Å². The Hall–Kier alpha value is -1.68. The van der Waals surface area contributed by atoms with Crippen LogP contribution in [0, 0.1) is 6.92 Å². The summed E-state index contributed by atoms with van der Waals surface area (Å²) in [6.45, 7) is 0.362. The van der Waals surface area contributed by atoms with Crippen molar-refractivity contribution >= 4 is 16.0 Å². The first-order valence-corrected chi connectivity index (χ1v) is 7.03. The highest BCUT2D eigenvalue weighted by atomic mass is 32.2. The highest BCUT2D eigenvalue weighted by Gasteiger charge is 2.22. The molecule has 0 heterocycles. The van der Waals surface area contributed by atoms with E-state index in [1.165, 1.54) is 6.92 Å². The number of sulfonamides is 1. The molecule has 0 amide bonds. The molecule has 0 aromatic heterocycles. The number of aliphatic hydroxyl groups excluding tert-OH is 2. The third-order valence-electron chi connectivity index (χ3n) is 2.53. The molecule has 0 fully saturated rings. The van der Waals surface area contributed by atoms with Crippen LogP contribution >= 0.6 is 0 Å². The fourth-order valence-corrected chi connectivity index (χ4v) is 2.80. The third-order valence-corrected chi connectivity index (χ3v) is 4.10. The molecule has 0 aliphatic rings. The van der Waals surface area contributed by atoms with Gasteiger partial charge in [0.15, 0.2) is 0 Å². The van der Waals surface area contributed by atoms with Crippen molar-refractivity contribution in [2.24, 2.45) is 0 Å². The molecule has 0 aliphatic carbocycles. The van der Waals surface area contributed by atoms with Crippen LogP contribution in [0.2, 0.25) is 0 Å². The molecule has 0 bridgehead atoms. The molecule has 1 rings (SSSR count). The van der Waals surface area contributed by atoms with Crippen molar-refractivity contribution in [1.82, 2.24) is 4.72 Å². The molecule has 1 aromatic rings. The van der Waals surface area contributed by atoms with E-state index in [9.17, 15) is 18.3 Å². The van der Waals surface area contributed by atoms with E-state index >= 15 is 0 Å². The summed E-state index contributed by atoms with van der Waals surface area (Å²) >= 11 is 0. The first-order valence-electron chi connectivity index (χ1n) is 5.54. The average molecular weight is 305 g/mol. The summed E-state index contributed by atoms with van der Waals surface area (Å²) in [7, 11) is -4.06. The molecule has 5 N–H and O–H groups in total. The minimum atomic E-state index is -4.06. The SMILES string of the molecule is Cc1cc(O)c(C(=O)O)cc1S(=O)(=O)NCC(O)CO. The lowest BCUT2D eigenvalue weighted by molar-refractivity contribution is 0.0693. The van der Waals surface area contributed by atoms with Crippen LogP contribution in [0.4, 0.5) is 0 Å². The molecule has 20 heavy (non-hydrogen) atoms. The van der Waals surface area contributed by atoms with E-state index in [1.54, 1.807) is 0 Å². The number of aliphatic hydroxyl groups is 2. The van der Waals surface area contributed by atoms with Crippen molar-refractivity contribution < 1.29 is 33.6 Å². The molecule has 1 atom stereocenters. The highest BCUT2D eigenvalue weighted by Crippen LogP contribution is 2.25. The molecular formula is C11H15NO7S. The summed E-state index contributed by atoms with van der Waals surface area (Å²) in [5.41, 5.74) is -0.392. The van der Waals surface area contributed by atoms with Crippen molar-refractivity contribution in [2.75, 3.05) is 13.2 Å². The van der Waals surface area contributed by atoms with Gasteiger partial charge in [-0.25, -0.2) is 17.9 Å². The quantitative estimate of drug-likeness (QED) is 0.455. The summed E-state index contributed by atoms with van der Waals surface area (Å²) in [6.07, 6.45) is -1.26. The van der Waals surface area contributed by atoms with Gasteiger partial charge in [0.2, 0.25) is 10.0 Å². The molecule has 0 aliphatic heterocycles. The number of aryl methyl sites for hydroxylation is 1. The minimum Gasteiger partial charge on any atom is -0.507 e. The van der Waals surface area contributed by atoms with Gasteiger partial charge < -0.3 is 20.4 Å². The summed E-state index contributed by atoms with van der Waals surface area (Å²) < 4.78 is 26.0. The van der Waals surface area contributed by atoms with Crippen molar-refractivity contribution in [3.63, 3.8) is 0 Å². The largest absolute Gasteiger partial charge is 0.507 e.